The number of rotatable bonds is 6. The molecule has 1 unspecified atom stereocenters. The van der Waals surface area contributed by atoms with E-state index in [1.165, 1.54) is 16.8 Å². The van der Waals surface area contributed by atoms with Crippen LogP contribution in [0.5, 0.6) is 0 Å². The first-order chi connectivity index (χ1) is 9.51. The zero-order valence-corrected chi connectivity index (χ0v) is 12.9. The number of nitrogens with zero attached hydrogens (tertiary/aromatic N) is 4. The van der Waals surface area contributed by atoms with Crippen molar-refractivity contribution >= 4 is 0 Å². The van der Waals surface area contributed by atoms with E-state index in [1.807, 2.05) is 17.9 Å². The van der Waals surface area contributed by atoms with Crippen LogP contribution in [0.3, 0.4) is 0 Å². The molecular formula is C15H25N5. The lowest BCUT2D eigenvalue weighted by Crippen LogP contribution is -2.22. The maximum atomic E-state index is 6.07. The molecular weight excluding hydrogens is 250 g/mol. The van der Waals surface area contributed by atoms with Crippen LogP contribution in [-0.4, -0.2) is 25.6 Å². The molecule has 2 aromatic heterocycles. The van der Waals surface area contributed by atoms with Crippen LogP contribution in [0, 0.1) is 13.8 Å². The van der Waals surface area contributed by atoms with Crippen molar-refractivity contribution in [1.82, 2.24) is 19.6 Å². The highest BCUT2D eigenvalue weighted by atomic mass is 15.3. The van der Waals surface area contributed by atoms with Crippen molar-refractivity contribution < 1.29 is 0 Å². The number of nitrogens with two attached hydrogens (primary N) is 1. The zero-order chi connectivity index (χ0) is 14.7. The standard InChI is InChI=1S/C15H25N5/c1-5-14(16)8-15-11(2)18-20(12(15)3)7-6-13-9-17-19(4)10-13/h9-10,14H,5-8,16H2,1-4H3. The smallest absolute Gasteiger partial charge is 0.0629 e. The first-order valence-corrected chi connectivity index (χ1v) is 7.27. The Kier molecular flexibility index (Phi) is 4.60. The predicted molar refractivity (Wildman–Crippen MR) is 80.6 cm³/mol. The molecule has 2 N–H and O–H groups in total. The van der Waals surface area contributed by atoms with E-state index >= 15 is 0 Å². The molecule has 0 saturated carbocycles. The SMILES string of the molecule is CCC(N)Cc1c(C)nn(CCc2cnn(C)c2)c1C. The number of hydrogen-bond donors (Lipinski definition) is 1. The minimum atomic E-state index is 0.225. The van der Waals surface area contributed by atoms with Crippen LogP contribution in [0.15, 0.2) is 12.4 Å². The van der Waals surface area contributed by atoms with E-state index in [4.69, 9.17) is 5.73 Å². The van der Waals surface area contributed by atoms with Gasteiger partial charge in [0, 0.05) is 31.5 Å². The molecule has 2 rings (SSSR count). The molecule has 0 bridgehead atoms. The van der Waals surface area contributed by atoms with Crippen LogP contribution < -0.4 is 5.73 Å². The summed E-state index contributed by atoms with van der Waals surface area (Å²) in [7, 11) is 1.94. The van der Waals surface area contributed by atoms with Crippen molar-refractivity contribution in [3.05, 3.63) is 34.9 Å². The van der Waals surface area contributed by atoms with E-state index in [0.29, 0.717) is 0 Å². The topological polar surface area (TPSA) is 61.7 Å². The summed E-state index contributed by atoms with van der Waals surface area (Å²) in [6.45, 7) is 7.23. The first kappa shape index (κ1) is 14.8. The normalized spacial score (nSPS) is 12.8. The van der Waals surface area contributed by atoms with Gasteiger partial charge in [0.05, 0.1) is 11.9 Å². The van der Waals surface area contributed by atoms with Crippen molar-refractivity contribution in [3.8, 4) is 0 Å². The Morgan fingerprint density at radius 2 is 2.10 bits per heavy atom. The summed E-state index contributed by atoms with van der Waals surface area (Å²) in [6.07, 6.45) is 6.84. The Balaban J connectivity index is 2.07. The molecule has 20 heavy (non-hydrogen) atoms. The minimum Gasteiger partial charge on any atom is -0.327 e. The molecule has 0 saturated heterocycles. The summed E-state index contributed by atoms with van der Waals surface area (Å²) in [4.78, 5) is 0. The first-order valence-electron chi connectivity index (χ1n) is 7.27. The molecule has 0 radical (unpaired) electrons. The summed E-state index contributed by atoms with van der Waals surface area (Å²) in [5.74, 6) is 0. The van der Waals surface area contributed by atoms with Crippen LogP contribution in [0.2, 0.25) is 0 Å². The molecule has 0 aliphatic heterocycles. The van der Waals surface area contributed by atoms with Gasteiger partial charge in [-0.2, -0.15) is 10.2 Å². The Labute approximate surface area is 120 Å². The van der Waals surface area contributed by atoms with E-state index in [9.17, 15) is 0 Å². The maximum absolute atomic E-state index is 6.07. The average Bonchev–Trinajstić information content (AvgIpc) is 2.94. The molecule has 0 spiro atoms. The lowest BCUT2D eigenvalue weighted by molar-refractivity contribution is 0.591. The second kappa shape index (κ2) is 6.22. The third kappa shape index (κ3) is 3.28. The molecule has 2 heterocycles. The van der Waals surface area contributed by atoms with Gasteiger partial charge in [-0.25, -0.2) is 0 Å². The Hall–Kier alpha value is -1.62. The summed E-state index contributed by atoms with van der Waals surface area (Å²) in [5, 5.41) is 8.85. The van der Waals surface area contributed by atoms with Crippen molar-refractivity contribution in [3.63, 3.8) is 0 Å². The fourth-order valence-corrected chi connectivity index (χ4v) is 2.49. The maximum Gasteiger partial charge on any atom is 0.0629 e. The van der Waals surface area contributed by atoms with Gasteiger partial charge in [-0.3, -0.25) is 9.36 Å². The fraction of sp³-hybridized carbons (Fsp3) is 0.600. The number of aromatic nitrogens is 4. The highest BCUT2D eigenvalue weighted by molar-refractivity contribution is 5.25. The van der Waals surface area contributed by atoms with Crippen LogP contribution >= 0.6 is 0 Å². The lowest BCUT2D eigenvalue weighted by atomic mass is 10.0. The molecule has 0 aromatic carbocycles. The zero-order valence-electron chi connectivity index (χ0n) is 12.9. The van der Waals surface area contributed by atoms with Gasteiger partial charge in [0.25, 0.3) is 0 Å². The van der Waals surface area contributed by atoms with Crippen molar-refractivity contribution in [2.24, 2.45) is 12.8 Å². The van der Waals surface area contributed by atoms with Gasteiger partial charge in [-0.1, -0.05) is 6.92 Å². The van der Waals surface area contributed by atoms with Gasteiger partial charge in [-0.05, 0) is 44.2 Å². The third-order valence-corrected chi connectivity index (χ3v) is 3.89. The molecule has 2 aromatic rings. The largest absolute Gasteiger partial charge is 0.327 e. The van der Waals surface area contributed by atoms with Gasteiger partial charge in [0.2, 0.25) is 0 Å². The van der Waals surface area contributed by atoms with Gasteiger partial charge < -0.3 is 5.73 Å². The van der Waals surface area contributed by atoms with Crippen LogP contribution in [0.1, 0.15) is 35.9 Å². The average molecular weight is 275 g/mol. The molecule has 0 aliphatic rings. The minimum absolute atomic E-state index is 0.225. The van der Waals surface area contributed by atoms with Crippen LogP contribution in [-0.2, 0) is 26.4 Å². The predicted octanol–water partition coefficient (Wildman–Crippen LogP) is 1.76. The highest BCUT2D eigenvalue weighted by Gasteiger charge is 2.14. The van der Waals surface area contributed by atoms with Crippen LogP contribution in [0.4, 0.5) is 0 Å². The van der Waals surface area contributed by atoms with E-state index in [1.54, 1.807) is 0 Å². The highest BCUT2D eigenvalue weighted by Crippen LogP contribution is 2.16. The Bertz CT molecular complexity index is 567. The van der Waals surface area contributed by atoms with E-state index in [0.717, 1.165) is 31.5 Å². The molecule has 0 aliphatic carbocycles. The summed E-state index contributed by atoms with van der Waals surface area (Å²) >= 11 is 0. The van der Waals surface area contributed by atoms with Crippen LogP contribution in [0.25, 0.3) is 0 Å². The van der Waals surface area contributed by atoms with E-state index < -0.39 is 0 Å². The summed E-state index contributed by atoms with van der Waals surface area (Å²) < 4.78 is 3.93. The third-order valence-electron chi connectivity index (χ3n) is 3.89. The monoisotopic (exact) mass is 275 g/mol. The van der Waals surface area contributed by atoms with Crippen molar-refractivity contribution in [1.29, 1.82) is 0 Å². The molecule has 5 heteroatoms. The number of aryl methyl sites for hydroxylation is 4. The second-order valence-corrected chi connectivity index (χ2v) is 5.52. The van der Waals surface area contributed by atoms with Crippen molar-refractivity contribution in [2.45, 2.75) is 52.6 Å². The van der Waals surface area contributed by atoms with E-state index in [-0.39, 0.29) is 6.04 Å². The van der Waals surface area contributed by atoms with Gasteiger partial charge in [0.1, 0.15) is 0 Å². The molecule has 0 amide bonds. The summed E-state index contributed by atoms with van der Waals surface area (Å²) in [5.41, 5.74) is 11.0. The molecule has 110 valence electrons. The molecule has 1 atom stereocenters. The van der Waals surface area contributed by atoms with Crippen molar-refractivity contribution in [2.75, 3.05) is 0 Å². The Morgan fingerprint density at radius 3 is 2.70 bits per heavy atom. The van der Waals surface area contributed by atoms with Gasteiger partial charge in [0.15, 0.2) is 0 Å². The molecule has 5 nitrogen and oxygen atoms in total. The van der Waals surface area contributed by atoms with Gasteiger partial charge >= 0.3 is 0 Å². The van der Waals surface area contributed by atoms with E-state index in [2.05, 4.69) is 41.8 Å². The summed E-state index contributed by atoms with van der Waals surface area (Å²) in [6, 6.07) is 0.225. The van der Waals surface area contributed by atoms with Gasteiger partial charge in [-0.15, -0.1) is 0 Å². The molecule has 0 fully saturated rings. The number of hydrogen-bond acceptors (Lipinski definition) is 3. The Morgan fingerprint density at radius 1 is 1.35 bits per heavy atom. The lowest BCUT2D eigenvalue weighted by Gasteiger charge is -2.09. The second-order valence-electron chi connectivity index (χ2n) is 5.52. The fourth-order valence-electron chi connectivity index (χ4n) is 2.49. The quantitative estimate of drug-likeness (QED) is 0.873.